The first-order valence-corrected chi connectivity index (χ1v) is 18.8. The van der Waals surface area contributed by atoms with Crippen molar-refractivity contribution in [3.63, 3.8) is 0 Å². The second-order valence-electron chi connectivity index (χ2n) is 12.1. The van der Waals surface area contributed by atoms with Gasteiger partial charge >= 0.3 is 0 Å². The number of hydrogen-bond donors (Lipinski definition) is 0. The third kappa shape index (κ3) is 37.2. The summed E-state index contributed by atoms with van der Waals surface area (Å²) in [5.74, 6) is 2.28. The van der Waals surface area contributed by atoms with Gasteiger partial charge in [0.05, 0.1) is 6.61 Å². The number of hydrogen-bond acceptors (Lipinski definition) is 3. The standard InChI is InChI=1S/C11H14O.C10H17NO.C7H14.C4H8.C4H10.C3H8.2C2H6.Es/c1-3-9-6-8(2)11-10(7-9)4-5-12-11;1-6-10(11-7(2)3)8(4)9(5)12;1-7-5-3-2-4-6-7;1-4(2)3;1-3-4-2;1-3-2;2*1-2;/h6-7H,3-5H2,1-2H3;6H2,1-5H3;7H,2-6H2,1H3;1H2,2-3H3;3-4H2,1-2H3;3H2,1-2H3;2*1-2H3;/b;10-8+;;;;;;;. The largest absolute Gasteiger partial charge is 0.493 e. The van der Waals surface area contributed by atoms with Crippen molar-refractivity contribution >= 4 is 11.5 Å². The second-order valence-corrected chi connectivity index (χ2v) is 12.1. The van der Waals surface area contributed by atoms with E-state index in [0.29, 0.717) is 0 Å². The van der Waals surface area contributed by atoms with Gasteiger partial charge in [0.2, 0.25) is 0 Å². The van der Waals surface area contributed by atoms with E-state index >= 15 is 0 Å². The summed E-state index contributed by atoms with van der Waals surface area (Å²) >= 11 is 0. The van der Waals surface area contributed by atoms with E-state index in [9.17, 15) is 4.79 Å². The molecule has 0 amide bonds. The Morgan fingerprint density at radius 1 is 0.851 bits per heavy atom. The van der Waals surface area contributed by atoms with Gasteiger partial charge in [-0.05, 0) is 83.9 Å². The van der Waals surface area contributed by atoms with E-state index in [1.165, 1.54) is 73.6 Å². The first kappa shape index (κ1) is 56.2. The number of rotatable bonds is 5. The molecule has 0 unspecified atom stereocenters. The number of benzene rings is 1. The third-order valence-corrected chi connectivity index (χ3v) is 6.49. The predicted molar refractivity (Wildman–Crippen MR) is 214 cm³/mol. The molecule has 0 spiro atoms. The molecule has 0 N–H and O–H groups in total. The molecule has 0 atom stereocenters. The molecule has 0 bridgehead atoms. The average molecular weight is 898 g/mol. The molecule has 1 aromatic carbocycles. The van der Waals surface area contributed by atoms with Crippen LogP contribution in [0.1, 0.15) is 192 Å². The predicted octanol–water partition coefficient (Wildman–Crippen LogP) is 14.7. The van der Waals surface area contributed by atoms with Crippen LogP contribution in [0.5, 0.6) is 5.75 Å². The Kier molecular flexibility index (Phi) is 48.9. The SMILES string of the molecule is C=C(C)C.CC.CC.CC/C(N=C(C)C)=C(/C)C(C)=O.CC1CCCCC1.CCC.CCCC.CCc1cc(C)c2c(c1)CCO2.[Es]. The van der Waals surface area contributed by atoms with Crippen LogP contribution in [-0.4, -0.2) is 18.1 Å². The molecular formula is C43H83EsNO2. The van der Waals surface area contributed by atoms with Crippen LogP contribution in [0.15, 0.2) is 40.5 Å². The van der Waals surface area contributed by atoms with Gasteiger partial charge in [-0.1, -0.05) is 145 Å². The topological polar surface area (TPSA) is 38.7 Å². The number of nitrogens with zero attached hydrogens (tertiary/aromatic N) is 1. The Balaban J connectivity index is -0.000000112. The monoisotopic (exact) mass is 898 g/mol. The average Bonchev–Trinajstić information content (AvgIpc) is 3.52. The van der Waals surface area contributed by atoms with Gasteiger partial charge in [0, 0.05) is 23.4 Å². The number of carbonyl (C=O) groups is 1. The molecular weight excluding hydrogens is 814 g/mol. The summed E-state index contributed by atoms with van der Waals surface area (Å²) in [6, 6.07) is 4.50. The molecule has 1 aromatic rings. The van der Waals surface area contributed by atoms with Crippen LogP contribution in [-0.2, 0) is 17.6 Å². The minimum atomic E-state index is 0. The third-order valence-electron chi connectivity index (χ3n) is 6.49. The molecule has 3 rings (SSSR count). The fourth-order valence-electron chi connectivity index (χ4n) is 4.00. The van der Waals surface area contributed by atoms with E-state index in [-0.39, 0.29) is 5.78 Å². The zero-order valence-electron chi connectivity index (χ0n) is 35.0. The Labute approximate surface area is 291 Å². The van der Waals surface area contributed by atoms with Crippen LogP contribution < -0.4 is 4.74 Å². The molecule has 1 radical (unpaired) electrons. The van der Waals surface area contributed by atoms with Gasteiger partial charge in [-0.3, -0.25) is 9.79 Å². The van der Waals surface area contributed by atoms with Gasteiger partial charge in [0.1, 0.15) is 5.75 Å². The number of allylic oxidation sites excluding steroid dienone is 3. The normalized spacial score (nSPS) is 12.3. The Bertz CT molecular complexity index is 899. The van der Waals surface area contributed by atoms with Crippen molar-refractivity contribution in [3.8, 4) is 5.75 Å². The molecule has 47 heavy (non-hydrogen) atoms. The van der Waals surface area contributed by atoms with Gasteiger partial charge in [-0.15, -0.1) is 6.58 Å². The first-order valence-electron chi connectivity index (χ1n) is 18.8. The van der Waals surface area contributed by atoms with Crippen molar-refractivity contribution in [3.05, 3.63) is 52.2 Å². The van der Waals surface area contributed by atoms with Gasteiger partial charge in [-0.25, -0.2) is 0 Å². The summed E-state index contributed by atoms with van der Waals surface area (Å²) in [6.45, 7) is 40.9. The quantitative estimate of drug-likeness (QED) is 0.168. The van der Waals surface area contributed by atoms with Crippen molar-refractivity contribution in [2.45, 2.75) is 195 Å². The number of Topliss-reactive ketones (excluding diaryl/α,β-unsaturated/α-hetero) is 1. The van der Waals surface area contributed by atoms with E-state index in [1.807, 2.05) is 69.2 Å². The summed E-state index contributed by atoms with van der Waals surface area (Å²) in [5, 5.41) is 0. The van der Waals surface area contributed by atoms with Crippen LogP contribution in [0.4, 0.5) is 0 Å². The molecule has 0 saturated heterocycles. The Hall–Kier alpha value is -3.16. The number of ketones is 1. The van der Waals surface area contributed by atoms with Crippen LogP contribution >= 0.6 is 0 Å². The summed E-state index contributed by atoms with van der Waals surface area (Å²) in [6.07, 6.45) is 14.3. The van der Waals surface area contributed by atoms with Gasteiger partial charge in [0.15, 0.2) is 5.78 Å². The zero-order valence-corrected chi connectivity index (χ0v) is 37.5. The number of ether oxygens (including phenoxy) is 1. The summed E-state index contributed by atoms with van der Waals surface area (Å²) in [5.41, 5.74) is 7.96. The van der Waals surface area contributed by atoms with Crippen LogP contribution in [0, 0.1) is 12.8 Å². The van der Waals surface area contributed by atoms with Gasteiger partial charge in [-0.2, -0.15) is 0 Å². The number of carbonyl (C=O) groups excluding carboxylic acids is 1. The Morgan fingerprint density at radius 2 is 1.30 bits per heavy atom. The summed E-state index contributed by atoms with van der Waals surface area (Å²) in [4.78, 5) is 15.3. The maximum atomic E-state index is 11.0. The minimum Gasteiger partial charge on any atom is -0.493 e. The van der Waals surface area contributed by atoms with Gasteiger partial charge < -0.3 is 4.74 Å². The molecule has 1 aliphatic heterocycles. The van der Waals surface area contributed by atoms with Crippen molar-refractivity contribution in [1.82, 2.24) is 0 Å². The molecule has 1 heterocycles. The number of fused-ring (bicyclic) bond motifs is 1. The van der Waals surface area contributed by atoms with E-state index in [4.69, 9.17) is 4.74 Å². The maximum Gasteiger partial charge on any atom is 0.157 e. The molecule has 1 saturated carbocycles. The molecule has 2 aliphatic rings. The van der Waals surface area contributed by atoms with Crippen LogP contribution in [0.25, 0.3) is 0 Å². The fraction of sp³-hybridized carbons (Fsp3) is 0.721. The van der Waals surface area contributed by atoms with Crippen molar-refractivity contribution in [2.75, 3.05) is 6.61 Å². The second kappa shape index (κ2) is 40.9. The van der Waals surface area contributed by atoms with Crippen molar-refractivity contribution in [2.24, 2.45) is 10.9 Å². The molecule has 1 aliphatic carbocycles. The molecule has 283 valence electrons. The molecule has 4 heteroatoms. The molecule has 0 aromatic heterocycles. The van der Waals surface area contributed by atoms with E-state index < -0.39 is 0 Å². The van der Waals surface area contributed by atoms with Crippen molar-refractivity contribution < 1.29 is 9.53 Å². The molecule has 3 nitrogen and oxygen atoms in total. The van der Waals surface area contributed by atoms with Crippen molar-refractivity contribution in [1.29, 1.82) is 0 Å². The summed E-state index contributed by atoms with van der Waals surface area (Å²) in [7, 11) is 0. The number of aryl methyl sites for hydroxylation is 2. The van der Waals surface area contributed by atoms with Crippen LogP contribution in [0.2, 0.25) is 0 Å². The number of aliphatic imine (C=N–C) groups is 1. The smallest absolute Gasteiger partial charge is 0.157 e. The molecule has 1 fully saturated rings. The number of unbranched alkanes of at least 4 members (excludes halogenated alkanes) is 1. The van der Waals surface area contributed by atoms with E-state index in [2.05, 4.69) is 72.2 Å². The first-order chi connectivity index (χ1) is 21.7. The minimum absolute atomic E-state index is 0. The van der Waals surface area contributed by atoms with Crippen LogP contribution in [0.3, 0.4) is 0 Å². The summed E-state index contributed by atoms with van der Waals surface area (Å²) < 4.78 is 5.53. The van der Waals surface area contributed by atoms with E-state index in [1.54, 1.807) is 6.92 Å². The Morgan fingerprint density at radius 3 is 1.60 bits per heavy atom. The maximum absolute atomic E-state index is 11.0. The fourth-order valence-corrected chi connectivity index (χ4v) is 4.00. The zero-order chi connectivity index (χ0) is 37.1. The van der Waals surface area contributed by atoms with Gasteiger partial charge in [0.25, 0.3) is 0 Å². The van der Waals surface area contributed by atoms with E-state index in [0.717, 1.165) is 54.5 Å².